The van der Waals surface area contributed by atoms with Gasteiger partial charge in [-0.2, -0.15) is 26.3 Å². The first kappa shape index (κ1) is 28.5. The molecular formula is C28H30F6N2O4. The van der Waals surface area contributed by atoms with Crippen LogP contribution in [0.5, 0.6) is 0 Å². The molecule has 0 aromatic heterocycles. The predicted molar refractivity (Wildman–Crippen MR) is 131 cm³/mol. The summed E-state index contributed by atoms with van der Waals surface area (Å²) in [5.41, 5.74) is -4.32. The number of amides is 2. The maximum Gasteiger partial charge on any atom is 0.418 e. The van der Waals surface area contributed by atoms with Crippen molar-refractivity contribution in [2.75, 3.05) is 11.9 Å². The van der Waals surface area contributed by atoms with Crippen molar-refractivity contribution in [1.29, 1.82) is 0 Å². The van der Waals surface area contributed by atoms with Crippen LogP contribution in [0.1, 0.15) is 63.5 Å². The lowest BCUT2D eigenvalue weighted by Gasteiger charge is -2.59. The van der Waals surface area contributed by atoms with Crippen molar-refractivity contribution < 1.29 is 45.8 Å². The maximum absolute atomic E-state index is 13.6. The first-order valence-electron chi connectivity index (χ1n) is 13.3. The van der Waals surface area contributed by atoms with Gasteiger partial charge in [0.1, 0.15) is 0 Å². The van der Waals surface area contributed by atoms with Crippen molar-refractivity contribution in [3.05, 3.63) is 41.1 Å². The minimum atomic E-state index is -4.97. The Hall–Kier alpha value is -3.05. The first-order valence-corrected chi connectivity index (χ1v) is 13.3. The number of carbonyl (C=O) groups is 3. The van der Waals surface area contributed by atoms with Gasteiger partial charge in [0, 0.05) is 36.1 Å². The molecule has 1 saturated heterocycles. The largest absolute Gasteiger partial charge is 0.465 e. The SMILES string of the molecule is C[C@]12CCC(=O)C=C1N(C(=O)O)CC1C2CC[C@@]2(C)C1CC[C@@H]2C(=O)Nc1cc(C(F)(F)F)ccc1C(F)(F)F. The van der Waals surface area contributed by atoms with E-state index in [4.69, 9.17) is 0 Å². The van der Waals surface area contributed by atoms with Gasteiger partial charge in [-0.25, -0.2) is 4.79 Å². The summed E-state index contributed by atoms with van der Waals surface area (Å²) < 4.78 is 80.7. The number of allylic oxidation sites excluding steroid dienone is 2. The number of anilines is 1. The molecule has 6 nitrogen and oxygen atoms in total. The Balaban J connectivity index is 1.44. The molecule has 1 aromatic carbocycles. The lowest BCUT2D eigenvalue weighted by Crippen LogP contribution is -2.59. The van der Waals surface area contributed by atoms with E-state index >= 15 is 0 Å². The topological polar surface area (TPSA) is 86.7 Å². The molecule has 218 valence electrons. The number of benzene rings is 1. The van der Waals surface area contributed by atoms with E-state index in [0.717, 1.165) is 0 Å². The summed E-state index contributed by atoms with van der Waals surface area (Å²) in [4.78, 5) is 39.1. The van der Waals surface area contributed by atoms with Crippen LogP contribution in [0.25, 0.3) is 0 Å². The van der Waals surface area contributed by atoms with Crippen molar-refractivity contribution in [2.24, 2.45) is 34.5 Å². The highest BCUT2D eigenvalue weighted by molar-refractivity contribution is 5.94. The second-order valence-corrected chi connectivity index (χ2v) is 12.1. The van der Waals surface area contributed by atoms with E-state index in [9.17, 15) is 45.8 Å². The Kier molecular flexibility index (Phi) is 6.58. The van der Waals surface area contributed by atoms with Gasteiger partial charge in [0.15, 0.2) is 5.78 Å². The standard InChI is InChI=1S/C28H30F6N2O4/c1-25-10-8-18-16(13-36(24(39)40)22-12-15(37)7-9-26(18,22)2)17(25)5-6-20(25)23(38)35-21-11-14(27(29,30)31)3-4-19(21)28(32,33)34/h3-4,11-12,16-18,20H,5-10,13H2,1-2H3,(H,35,38)(H,39,40)/t16?,17?,18?,20-,25+,26-/m1/s1. The molecule has 0 spiro atoms. The molecule has 3 fully saturated rings. The van der Waals surface area contributed by atoms with Gasteiger partial charge in [0.05, 0.1) is 16.8 Å². The number of nitrogens with one attached hydrogen (secondary N) is 1. The third-order valence-electron chi connectivity index (χ3n) is 10.2. The number of hydrogen-bond acceptors (Lipinski definition) is 3. The van der Waals surface area contributed by atoms with E-state index in [-0.39, 0.29) is 30.1 Å². The molecule has 2 saturated carbocycles. The van der Waals surface area contributed by atoms with Gasteiger partial charge >= 0.3 is 18.4 Å². The lowest BCUT2D eigenvalue weighted by atomic mass is 9.49. The molecule has 0 bridgehead atoms. The van der Waals surface area contributed by atoms with Gasteiger partial charge in [-0.3, -0.25) is 14.5 Å². The van der Waals surface area contributed by atoms with Gasteiger partial charge in [-0.05, 0) is 73.5 Å². The zero-order valence-corrected chi connectivity index (χ0v) is 22.0. The number of likely N-dealkylation sites (tertiary alicyclic amines) is 1. The average molecular weight is 573 g/mol. The average Bonchev–Trinajstić information content (AvgIpc) is 3.20. The van der Waals surface area contributed by atoms with Gasteiger partial charge in [0.2, 0.25) is 5.91 Å². The third-order valence-corrected chi connectivity index (χ3v) is 10.2. The number of alkyl halides is 6. The van der Waals surface area contributed by atoms with Crippen molar-refractivity contribution in [3.63, 3.8) is 0 Å². The molecule has 2 amide bonds. The monoisotopic (exact) mass is 572 g/mol. The Morgan fingerprint density at radius 3 is 2.33 bits per heavy atom. The van der Waals surface area contributed by atoms with E-state index < -0.39 is 57.9 Å². The normalized spacial score (nSPS) is 34.0. The lowest BCUT2D eigenvalue weighted by molar-refractivity contribution is -0.141. The van der Waals surface area contributed by atoms with Crippen LogP contribution in [0.4, 0.5) is 36.8 Å². The smallest absolute Gasteiger partial charge is 0.418 e. The van der Waals surface area contributed by atoms with E-state index in [0.29, 0.717) is 62.4 Å². The molecule has 1 aliphatic heterocycles. The molecule has 1 heterocycles. The molecule has 1 aromatic rings. The second-order valence-electron chi connectivity index (χ2n) is 12.1. The molecule has 5 rings (SSSR count). The molecule has 4 aliphatic rings. The number of carbonyl (C=O) groups excluding carboxylic acids is 2. The first-order chi connectivity index (χ1) is 18.5. The molecule has 6 atom stereocenters. The molecule has 12 heteroatoms. The summed E-state index contributed by atoms with van der Waals surface area (Å²) in [6.45, 7) is 4.01. The third kappa shape index (κ3) is 4.47. The van der Waals surface area contributed by atoms with Gasteiger partial charge < -0.3 is 10.4 Å². The molecule has 3 aliphatic carbocycles. The number of carboxylic acid groups (broad SMARTS) is 1. The van der Waals surface area contributed by atoms with Crippen LogP contribution in [0.15, 0.2) is 30.0 Å². The Morgan fingerprint density at radius 1 is 1.00 bits per heavy atom. The summed E-state index contributed by atoms with van der Waals surface area (Å²) in [7, 11) is 0. The molecule has 2 N–H and O–H groups in total. The Morgan fingerprint density at radius 2 is 1.70 bits per heavy atom. The fraction of sp³-hybridized carbons (Fsp3) is 0.607. The fourth-order valence-corrected chi connectivity index (χ4v) is 8.21. The van der Waals surface area contributed by atoms with Crippen LogP contribution in [0, 0.1) is 34.5 Å². The summed E-state index contributed by atoms with van der Waals surface area (Å²) >= 11 is 0. The minimum Gasteiger partial charge on any atom is -0.465 e. The molecule has 3 unspecified atom stereocenters. The van der Waals surface area contributed by atoms with Crippen molar-refractivity contribution >= 4 is 23.5 Å². The summed E-state index contributed by atoms with van der Waals surface area (Å²) in [5, 5.41) is 12.2. The van der Waals surface area contributed by atoms with Crippen LogP contribution in [-0.4, -0.2) is 34.3 Å². The zero-order valence-electron chi connectivity index (χ0n) is 22.0. The predicted octanol–water partition coefficient (Wildman–Crippen LogP) is 6.97. The molecular weight excluding hydrogens is 542 g/mol. The van der Waals surface area contributed by atoms with Gasteiger partial charge in [-0.15, -0.1) is 0 Å². The van der Waals surface area contributed by atoms with Gasteiger partial charge in [0.25, 0.3) is 0 Å². The highest BCUT2D eigenvalue weighted by Crippen LogP contribution is 2.65. The summed E-state index contributed by atoms with van der Waals surface area (Å²) in [6.07, 6.45) is -6.76. The Labute approximate surface area is 226 Å². The number of ketones is 1. The highest BCUT2D eigenvalue weighted by Gasteiger charge is 2.62. The number of hydrogen-bond donors (Lipinski definition) is 2. The van der Waals surface area contributed by atoms with Crippen LogP contribution in [0.2, 0.25) is 0 Å². The molecule has 0 radical (unpaired) electrons. The summed E-state index contributed by atoms with van der Waals surface area (Å²) in [6, 6.07) is 0.982. The van der Waals surface area contributed by atoms with Crippen LogP contribution < -0.4 is 5.32 Å². The van der Waals surface area contributed by atoms with Crippen molar-refractivity contribution in [2.45, 2.75) is 64.7 Å². The zero-order chi connectivity index (χ0) is 29.4. The molecule has 40 heavy (non-hydrogen) atoms. The van der Waals surface area contributed by atoms with Crippen molar-refractivity contribution in [1.82, 2.24) is 4.90 Å². The number of fused-ring (bicyclic) bond motifs is 5. The van der Waals surface area contributed by atoms with E-state index in [1.54, 1.807) is 0 Å². The van der Waals surface area contributed by atoms with E-state index in [1.165, 1.54) is 11.0 Å². The number of nitrogens with zero attached hydrogens (tertiary/aromatic N) is 1. The van der Waals surface area contributed by atoms with E-state index in [2.05, 4.69) is 5.32 Å². The Bertz CT molecular complexity index is 1290. The van der Waals surface area contributed by atoms with Crippen LogP contribution in [0.3, 0.4) is 0 Å². The number of piperidine rings is 1. The number of rotatable bonds is 2. The summed E-state index contributed by atoms with van der Waals surface area (Å²) in [5.74, 6) is -1.85. The quantitative estimate of drug-likeness (QED) is 0.375. The van der Waals surface area contributed by atoms with Crippen LogP contribution >= 0.6 is 0 Å². The highest BCUT2D eigenvalue weighted by atomic mass is 19.4. The number of halogens is 6. The fourth-order valence-electron chi connectivity index (χ4n) is 8.21. The van der Waals surface area contributed by atoms with Gasteiger partial charge in [-0.1, -0.05) is 13.8 Å². The maximum atomic E-state index is 13.6. The van der Waals surface area contributed by atoms with Crippen molar-refractivity contribution in [3.8, 4) is 0 Å². The van der Waals surface area contributed by atoms with Crippen LogP contribution in [-0.2, 0) is 21.9 Å². The minimum absolute atomic E-state index is 0.0580. The van der Waals surface area contributed by atoms with E-state index in [1.807, 2.05) is 13.8 Å². The second kappa shape index (κ2) is 9.24.